The molecule has 0 amide bonds. The van der Waals surface area contributed by atoms with Crippen LogP contribution in [0.1, 0.15) is 25.7 Å². The van der Waals surface area contributed by atoms with Gasteiger partial charge in [-0.1, -0.05) is 28.9 Å². The van der Waals surface area contributed by atoms with E-state index in [9.17, 15) is 4.79 Å². The topological polar surface area (TPSA) is 92.8 Å². The Labute approximate surface area is 198 Å². The molecule has 1 aliphatic heterocycles. The molecule has 0 aliphatic carbocycles. The van der Waals surface area contributed by atoms with Crippen LogP contribution >= 0.6 is 35.6 Å². The fraction of sp³-hybridized carbons (Fsp3) is 0.500. The first-order chi connectivity index (χ1) is 14.1. The maximum atomic E-state index is 11.9. The van der Waals surface area contributed by atoms with E-state index in [1.54, 1.807) is 19.2 Å². The molecule has 1 fully saturated rings. The van der Waals surface area contributed by atoms with Gasteiger partial charge in [0.25, 0.3) is 0 Å². The summed E-state index contributed by atoms with van der Waals surface area (Å²) in [6, 6.07) is 7.35. The highest BCUT2D eigenvalue weighted by molar-refractivity contribution is 14.0. The Balaban J connectivity index is 0.00000320. The number of benzene rings is 1. The second kappa shape index (κ2) is 12.1. The van der Waals surface area contributed by atoms with Gasteiger partial charge in [0.05, 0.1) is 12.5 Å². The molecule has 2 aromatic rings. The number of halogens is 2. The minimum atomic E-state index is -0.0954. The summed E-state index contributed by atoms with van der Waals surface area (Å²) in [7, 11) is 1.75. The molecule has 1 N–H and O–H groups in total. The van der Waals surface area contributed by atoms with Gasteiger partial charge in [0.2, 0.25) is 11.7 Å². The SMILES string of the molecule is CCOC(=O)C1CCN(C(=NC)NCCc2nc(-c3cccc(Cl)c3)no2)CC1.I. The maximum Gasteiger partial charge on any atom is 0.309 e. The van der Waals surface area contributed by atoms with E-state index >= 15 is 0 Å². The quantitative estimate of drug-likeness (QED) is 0.256. The van der Waals surface area contributed by atoms with Gasteiger partial charge in [-0.05, 0) is 31.9 Å². The molecule has 0 atom stereocenters. The summed E-state index contributed by atoms with van der Waals surface area (Å²) in [6.07, 6.45) is 2.12. The summed E-state index contributed by atoms with van der Waals surface area (Å²) in [6.45, 7) is 4.41. The summed E-state index contributed by atoms with van der Waals surface area (Å²) in [5.41, 5.74) is 0.820. The molecule has 0 unspecified atom stereocenters. The maximum absolute atomic E-state index is 11.9. The number of ether oxygens (including phenoxy) is 1. The van der Waals surface area contributed by atoms with Crippen molar-refractivity contribution in [1.82, 2.24) is 20.4 Å². The van der Waals surface area contributed by atoms with Crippen LogP contribution < -0.4 is 5.32 Å². The highest BCUT2D eigenvalue weighted by Crippen LogP contribution is 2.20. The molecule has 8 nitrogen and oxygen atoms in total. The van der Waals surface area contributed by atoms with Gasteiger partial charge >= 0.3 is 5.97 Å². The third-order valence-electron chi connectivity index (χ3n) is 4.80. The zero-order valence-electron chi connectivity index (χ0n) is 17.1. The molecule has 30 heavy (non-hydrogen) atoms. The summed E-state index contributed by atoms with van der Waals surface area (Å²) >= 11 is 6.01. The van der Waals surface area contributed by atoms with Gasteiger partial charge in [-0.2, -0.15) is 4.98 Å². The van der Waals surface area contributed by atoms with Crippen molar-refractivity contribution in [1.29, 1.82) is 0 Å². The van der Waals surface area contributed by atoms with Crippen LogP contribution in [0, 0.1) is 5.92 Å². The van der Waals surface area contributed by atoms with Gasteiger partial charge in [0.15, 0.2) is 5.96 Å². The summed E-state index contributed by atoms with van der Waals surface area (Å²) in [5.74, 6) is 1.76. The summed E-state index contributed by atoms with van der Waals surface area (Å²) < 4.78 is 10.5. The number of esters is 1. The lowest BCUT2D eigenvalue weighted by Gasteiger charge is -2.33. The third-order valence-corrected chi connectivity index (χ3v) is 5.03. The highest BCUT2D eigenvalue weighted by Gasteiger charge is 2.27. The number of carbonyl (C=O) groups excluding carboxylic acids is 1. The molecule has 0 radical (unpaired) electrons. The second-order valence-electron chi connectivity index (χ2n) is 6.76. The molecule has 3 rings (SSSR count). The molecule has 2 heterocycles. The van der Waals surface area contributed by atoms with Crippen molar-refractivity contribution in [2.45, 2.75) is 26.2 Å². The Bertz CT molecular complexity index is 852. The Kier molecular flexibility index (Phi) is 9.83. The van der Waals surface area contributed by atoms with Gasteiger partial charge in [0.1, 0.15) is 0 Å². The van der Waals surface area contributed by atoms with Crippen LogP contribution in [-0.4, -0.2) is 60.3 Å². The molecule has 164 valence electrons. The van der Waals surface area contributed by atoms with E-state index in [2.05, 4.69) is 25.3 Å². The minimum absolute atomic E-state index is 0. The number of guanidine groups is 1. The number of aromatic nitrogens is 2. The Hall–Kier alpha value is -1.88. The van der Waals surface area contributed by atoms with Gasteiger partial charge in [-0.25, -0.2) is 0 Å². The van der Waals surface area contributed by atoms with E-state index in [0.717, 1.165) is 37.5 Å². The fourth-order valence-corrected chi connectivity index (χ4v) is 3.49. The molecule has 0 bridgehead atoms. The lowest BCUT2D eigenvalue weighted by molar-refractivity contribution is -0.149. The monoisotopic (exact) mass is 547 g/mol. The summed E-state index contributed by atoms with van der Waals surface area (Å²) in [5, 5.41) is 7.97. The van der Waals surface area contributed by atoms with E-state index in [4.69, 9.17) is 20.9 Å². The average molecular weight is 548 g/mol. The number of likely N-dealkylation sites (tertiary alicyclic amines) is 1. The number of aliphatic imine (C=N–C) groups is 1. The molecule has 1 saturated heterocycles. The Morgan fingerprint density at radius 3 is 2.83 bits per heavy atom. The molecule has 10 heteroatoms. The lowest BCUT2D eigenvalue weighted by Crippen LogP contribution is -2.47. The van der Waals surface area contributed by atoms with E-state index in [-0.39, 0.29) is 35.9 Å². The largest absolute Gasteiger partial charge is 0.466 e. The van der Waals surface area contributed by atoms with Crippen LogP contribution in [0.15, 0.2) is 33.8 Å². The van der Waals surface area contributed by atoms with Gasteiger partial charge < -0.3 is 19.5 Å². The Morgan fingerprint density at radius 1 is 1.40 bits per heavy atom. The van der Waals surface area contributed by atoms with Crippen molar-refractivity contribution in [3.05, 3.63) is 35.2 Å². The molecular formula is C20H27ClIN5O3. The first-order valence-corrected chi connectivity index (χ1v) is 10.2. The van der Waals surface area contributed by atoms with E-state index in [1.165, 1.54) is 0 Å². The lowest BCUT2D eigenvalue weighted by atomic mass is 9.97. The number of rotatable bonds is 6. The minimum Gasteiger partial charge on any atom is -0.466 e. The normalized spacial score (nSPS) is 14.9. The number of carbonyl (C=O) groups is 1. The van der Waals surface area contributed by atoms with Crippen LogP contribution in [-0.2, 0) is 16.0 Å². The molecule has 0 spiro atoms. The van der Waals surface area contributed by atoms with Crippen LogP contribution in [0.4, 0.5) is 0 Å². The van der Waals surface area contributed by atoms with Crippen LogP contribution in [0.5, 0.6) is 0 Å². The van der Waals surface area contributed by atoms with Crippen molar-refractivity contribution in [3.8, 4) is 11.4 Å². The van der Waals surface area contributed by atoms with Gasteiger partial charge in [-0.3, -0.25) is 9.79 Å². The molecule has 1 aliphatic rings. The standard InChI is InChI=1S/C20H26ClN5O3.HI/c1-3-28-19(27)14-8-11-26(12-9-14)20(22-2)23-10-7-17-24-18(25-29-17)15-5-4-6-16(21)13-15;/h4-6,13-14H,3,7-12H2,1-2H3,(H,22,23);1H. The smallest absolute Gasteiger partial charge is 0.309 e. The predicted octanol–water partition coefficient (Wildman–Crippen LogP) is 3.40. The number of hydrogen-bond acceptors (Lipinski definition) is 6. The molecule has 1 aromatic heterocycles. The number of nitrogens with zero attached hydrogens (tertiary/aromatic N) is 4. The fourth-order valence-electron chi connectivity index (χ4n) is 3.30. The third kappa shape index (κ3) is 6.56. The van der Waals surface area contributed by atoms with E-state index in [1.807, 2.05) is 19.1 Å². The number of piperidine rings is 1. The van der Waals surface area contributed by atoms with Crippen molar-refractivity contribution in [2.24, 2.45) is 10.9 Å². The van der Waals surface area contributed by atoms with Crippen LogP contribution in [0.25, 0.3) is 11.4 Å². The predicted molar refractivity (Wildman–Crippen MR) is 126 cm³/mol. The second-order valence-corrected chi connectivity index (χ2v) is 7.20. The van der Waals surface area contributed by atoms with Crippen molar-refractivity contribution in [2.75, 3.05) is 33.3 Å². The van der Waals surface area contributed by atoms with Crippen LogP contribution in [0.2, 0.25) is 5.02 Å². The summed E-state index contributed by atoms with van der Waals surface area (Å²) in [4.78, 5) is 22.8. The van der Waals surface area contributed by atoms with E-state index < -0.39 is 0 Å². The molecule has 0 saturated carbocycles. The zero-order valence-corrected chi connectivity index (χ0v) is 20.2. The van der Waals surface area contributed by atoms with Gasteiger partial charge in [0, 0.05) is 43.7 Å². The van der Waals surface area contributed by atoms with Crippen molar-refractivity contribution in [3.63, 3.8) is 0 Å². The number of hydrogen-bond donors (Lipinski definition) is 1. The van der Waals surface area contributed by atoms with Crippen LogP contribution in [0.3, 0.4) is 0 Å². The molecule has 1 aromatic carbocycles. The van der Waals surface area contributed by atoms with E-state index in [0.29, 0.717) is 36.3 Å². The highest BCUT2D eigenvalue weighted by atomic mass is 127. The van der Waals surface area contributed by atoms with Gasteiger partial charge in [-0.15, -0.1) is 24.0 Å². The first-order valence-electron chi connectivity index (χ1n) is 9.81. The van der Waals surface area contributed by atoms with Crippen molar-refractivity contribution < 1.29 is 14.1 Å². The Morgan fingerprint density at radius 2 is 2.17 bits per heavy atom. The molecular weight excluding hydrogens is 521 g/mol. The first kappa shape index (κ1) is 24.4. The zero-order chi connectivity index (χ0) is 20.6. The van der Waals surface area contributed by atoms with Crippen molar-refractivity contribution >= 4 is 47.5 Å². The average Bonchev–Trinajstić information content (AvgIpc) is 3.21. The number of nitrogens with one attached hydrogen (secondary N) is 1.